The summed E-state index contributed by atoms with van der Waals surface area (Å²) in [7, 11) is 0. The van der Waals surface area contributed by atoms with Crippen molar-refractivity contribution >= 4 is 53.1 Å². The molecule has 14 nitrogen and oxygen atoms in total. The molecule has 4 aromatic rings. The van der Waals surface area contributed by atoms with Gasteiger partial charge in [-0.25, -0.2) is 0 Å². The fourth-order valence-corrected chi connectivity index (χ4v) is 5.93. The van der Waals surface area contributed by atoms with Gasteiger partial charge in [0, 0.05) is 26.3 Å². The molecule has 0 saturated heterocycles. The number of carbonyl (C=O) groups excluding carboxylic acids is 8. The fraction of sp³-hybridized carbons (Fsp3) is 0.261. The summed E-state index contributed by atoms with van der Waals surface area (Å²) in [4.78, 5) is 95.2. The molecule has 0 heterocycles. The molecular formula is C46H52N6O8. The van der Waals surface area contributed by atoms with Crippen LogP contribution in [0.15, 0.2) is 115 Å². The number of nitrogens with one attached hydrogen (secondary N) is 4. The van der Waals surface area contributed by atoms with E-state index in [2.05, 4.69) is 21.3 Å². The van der Waals surface area contributed by atoms with Crippen LogP contribution in [-0.2, 0) is 57.6 Å². The standard InChI is InChI=1S/C23H27N3O4.C23H25N3O4/c2*1-15(27)20(14-18-6-4-3-5-7-18)26-23(30)22(25-16(2)28)19-11-8-17(9-12-19)10-13-21(24)29/h3-9,11-12,20,22H,10,13-14H2,1-2H3,(H2,24,29)(H,25,28)(H,26,30);3-13,20,22H,14H2,1-2H3,(H2,24,29)(H,25,28)(H,26,30)/b;13-10-. The van der Waals surface area contributed by atoms with E-state index in [0.717, 1.165) is 16.7 Å². The lowest BCUT2D eigenvalue weighted by molar-refractivity contribution is -0.130. The number of rotatable bonds is 19. The Labute approximate surface area is 349 Å². The van der Waals surface area contributed by atoms with Crippen molar-refractivity contribution in [3.8, 4) is 0 Å². The Kier molecular flexibility index (Phi) is 18.8. The molecule has 0 fully saturated rings. The first kappa shape index (κ1) is 47.2. The maximum absolute atomic E-state index is 12.9. The van der Waals surface area contributed by atoms with Crippen LogP contribution in [0, 0.1) is 0 Å². The smallest absolute Gasteiger partial charge is 0.247 e. The van der Waals surface area contributed by atoms with E-state index in [-0.39, 0.29) is 35.7 Å². The zero-order valence-corrected chi connectivity index (χ0v) is 34.1. The molecule has 0 aromatic heterocycles. The van der Waals surface area contributed by atoms with Gasteiger partial charge in [-0.3, -0.25) is 38.4 Å². The van der Waals surface area contributed by atoms with Gasteiger partial charge in [0.05, 0.1) is 12.1 Å². The van der Waals surface area contributed by atoms with Gasteiger partial charge < -0.3 is 32.7 Å². The first-order valence-electron chi connectivity index (χ1n) is 19.2. The normalized spacial score (nSPS) is 12.6. The van der Waals surface area contributed by atoms with Crippen LogP contribution >= 0.6 is 0 Å². The highest BCUT2D eigenvalue weighted by Gasteiger charge is 2.27. The van der Waals surface area contributed by atoms with Crippen molar-refractivity contribution in [1.29, 1.82) is 0 Å². The van der Waals surface area contributed by atoms with E-state index in [4.69, 9.17) is 11.5 Å². The summed E-state index contributed by atoms with van der Waals surface area (Å²) in [5.74, 6) is -3.00. The van der Waals surface area contributed by atoms with Crippen molar-refractivity contribution in [2.45, 2.75) is 77.5 Å². The molecular weight excluding hydrogens is 765 g/mol. The second kappa shape index (κ2) is 23.9. The average Bonchev–Trinajstić information content (AvgIpc) is 3.21. The molecule has 0 aliphatic rings. The maximum atomic E-state index is 12.9. The molecule has 8 N–H and O–H groups in total. The van der Waals surface area contributed by atoms with E-state index in [1.807, 2.05) is 60.7 Å². The maximum Gasteiger partial charge on any atom is 0.247 e. The molecule has 0 saturated carbocycles. The van der Waals surface area contributed by atoms with Crippen molar-refractivity contribution in [2.24, 2.45) is 11.5 Å². The Balaban J connectivity index is 0.000000320. The summed E-state index contributed by atoms with van der Waals surface area (Å²) in [5, 5.41) is 10.8. The molecule has 0 aliphatic carbocycles. The Morgan fingerprint density at radius 2 is 0.917 bits per heavy atom. The lowest BCUT2D eigenvalue weighted by Gasteiger charge is -2.22. The zero-order chi connectivity index (χ0) is 44.2. The number of benzene rings is 4. The number of nitrogens with two attached hydrogens (primary N) is 2. The third kappa shape index (κ3) is 16.7. The minimum absolute atomic E-state index is 0.171. The number of ketones is 2. The van der Waals surface area contributed by atoms with Crippen LogP contribution in [0.3, 0.4) is 0 Å². The monoisotopic (exact) mass is 816 g/mol. The van der Waals surface area contributed by atoms with Gasteiger partial charge in [0.25, 0.3) is 0 Å². The third-order valence-electron chi connectivity index (χ3n) is 9.08. The fourth-order valence-electron chi connectivity index (χ4n) is 5.93. The number of aryl methyl sites for hydroxylation is 1. The Morgan fingerprint density at radius 3 is 1.27 bits per heavy atom. The van der Waals surface area contributed by atoms with Crippen molar-refractivity contribution in [3.05, 3.63) is 149 Å². The van der Waals surface area contributed by atoms with Crippen LogP contribution in [0.5, 0.6) is 0 Å². The topological polar surface area (TPSA) is 237 Å². The largest absolute Gasteiger partial charge is 0.370 e. The molecule has 314 valence electrons. The van der Waals surface area contributed by atoms with E-state index in [9.17, 15) is 38.4 Å². The molecule has 6 amide bonds. The van der Waals surface area contributed by atoms with Crippen molar-refractivity contribution in [2.75, 3.05) is 0 Å². The van der Waals surface area contributed by atoms with Gasteiger partial charge in [-0.05, 0) is 72.6 Å². The number of primary amides is 2. The first-order valence-corrected chi connectivity index (χ1v) is 19.2. The summed E-state index contributed by atoms with van der Waals surface area (Å²) >= 11 is 0. The zero-order valence-electron chi connectivity index (χ0n) is 34.1. The molecule has 14 heteroatoms. The minimum atomic E-state index is -0.964. The summed E-state index contributed by atoms with van der Waals surface area (Å²) in [6.07, 6.45) is 4.22. The highest BCUT2D eigenvalue weighted by molar-refractivity contribution is 5.94. The number of hydrogen-bond acceptors (Lipinski definition) is 8. The summed E-state index contributed by atoms with van der Waals surface area (Å²) < 4.78 is 0. The molecule has 0 bridgehead atoms. The first-order chi connectivity index (χ1) is 28.5. The second-order valence-corrected chi connectivity index (χ2v) is 14.1. The van der Waals surface area contributed by atoms with E-state index < -0.39 is 41.9 Å². The molecule has 4 rings (SSSR count). The van der Waals surface area contributed by atoms with Gasteiger partial charge >= 0.3 is 0 Å². The molecule has 4 atom stereocenters. The lowest BCUT2D eigenvalue weighted by Crippen LogP contribution is -2.47. The molecule has 4 aromatic carbocycles. The number of Topliss-reactive ketones (excluding diaryl/α,β-unsaturated/α-hetero) is 2. The van der Waals surface area contributed by atoms with Crippen molar-refractivity contribution in [3.63, 3.8) is 0 Å². The number of hydrogen-bond donors (Lipinski definition) is 6. The Morgan fingerprint density at radius 1 is 0.517 bits per heavy atom. The van der Waals surface area contributed by atoms with E-state index in [1.165, 1.54) is 33.8 Å². The predicted octanol–water partition coefficient (Wildman–Crippen LogP) is 3.28. The van der Waals surface area contributed by atoms with Gasteiger partial charge in [0.1, 0.15) is 12.1 Å². The van der Waals surface area contributed by atoms with E-state index in [0.29, 0.717) is 36.0 Å². The van der Waals surface area contributed by atoms with Crippen LogP contribution in [0.4, 0.5) is 0 Å². The Bertz CT molecular complexity index is 2140. The predicted molar refractivity (Wildman–Crippen MR) is 227 cm³/mol. The minimum Gasteiger partial charge on any atom is -0.370 e. The highest BCUT2D eigenvalue weighted by atomic mass is 16.2. The van der Waals surface area contributed by atoms with Crippen LogP contribution in [0.2, 0.25) is 0 Å². The van der Waals surface area contributed by atoms with Crippen molar-refractivity contribution in [1.82, 2.24) is 21.3 Å². The summed E-state index contributed by atoms with van der Waals surface area (Å²) in [6, 6.07) is 29.2. The van der Waals surface area contributed by atoms with Gasteiger partial charge in [-0.1, -0.05) is 109 Å². The third-order valence-corrected chi connectivity index (χ3v) is 9.08. The molecule has 0 spiro atoms. The van der Waals surface area contributed by atoms with Crippen LogP contribution in [0.25, 0.3) is 6.08 Å². The molecule has 60 heavy (non-hydrogen) atoms. The quantitative estimate of drug-likeness (QED) is 0.0767. The van der Waals surface area contributed by atoms with E-state index in [1.54, 1.807) is 54.6 Å². The molecule has 4 unspecified atom stereocenters. The van der Waals surface area contributed by atoms with Gasteiger partial charge in [-0.15, -0.1) is 0 Å². The van der Waals surface area contributed by atoms with Crippen LogP contribution < -0.4 is 32.7 Å². The van der Waals surface area contributed by atoms with Crippen LogP contribution in [0.1, 0.15) is 79.6 Å². The average molecular weight is 817 g/mol. The molecule has 0 aliphatic heterocycles. The Hall–Kier alpha value is -7.22. The number of carbonyl (C=O) groups is 8. The van der Waals surface area contributed by atoms with Gasteiger partial charge in [0.15, 0.2) is 11.6 Å². The van der Waals surface area contributed by atoms with E-state index >= 15 is 0 Å². The molecule has 0 radical (unpaired) electrons. The lowest BCUT2D eigenvalue weighted by atomic mass is 9.99. The SMILES string of the molecule is CC(=O)NC(C(=O)NC(Cc1ccccc1)C(C)=O)c1ccc(/C=C\C(N)=O)cc1.CC(=O)NC(C(=O)NC(Cc1ccccc1)C(C)=O)c1ccc(CCC(N)=O)cc1. The van der Waals surface area contributed by atoms with Gasteiger partial charge in [-0.2, -0.15) is 0 Å². The van der Waals surface area contributed by atoms with Crippen LogP contribution in [-0.4, -0.2) is 59.1 Å². The second-order valence-electron chi connectivity index (χ2n) is 14.1. The highest BCUT2D eigenvalue weighted by Crippen LogP contribution is 2.18. The number of amides is 6. The van der Waals surface area contributed by atoms with Gasteiger partial charge in [0.2, 0.25) is 35.4 Å². The van der Waals surface area contributed by atoms with Crippen molar-refractivity contribution < 1.29 is 38.4 Å². The summed E-state index contributed by atoms with van der Waals surface area (Å²) in [6.45, 7) is 5.49. The summed E-state index contributed by atoms with van der Waals surface area (Å²) in [5.41, 5.74) is 14.8.